The average Bonchev–Trinajstić information content (AvgIpc) is 2.64. The lowest BCUT2D eigenvalue weighted by atomic mass is 10.0. The number of cyclic esters (lactones) is 1. The van der Waals surface area contributed by atoms with E-state index in [1.54, 1.807) is 12.1 Å². The number of esters is 1. The number of benzene rings is 1. The summed E-state index contributed by atoms with van der Waals surface area (Å²) in [5, 5.41) is 9.36. The van der Waals surface area contributed by atoms with Crippen LogP contribution >= 0.6 is 11.6 Å². The van der Waals surface area contributed by atoms with Crippen LogP contribution in [0.15, 0.2) is 24.3 Å². The lowest BCUT2D eigenvalue weighted by Gasteiger charge is -2.25. The van der Waals surface area contributed by atoms with Crippen LogP contribution in [0.1, 0.15) is 11.7 Å². The molecule has 0 spiro atoms. The van der Waals surface area contributed by atoms with Gasteiger partial charge in [-0.25, -0.2) is 10.1 Å². The number of methoxy groups -OCH3 is 1. The van der Waals surface area contributed by atoms with Crippen molar-refractivity contribution in [1.82, 2.24) is 0 Å². The molecule has 0 aliphatic carbocycles. The molecule has 1 aromatic carbocycles. The van der Waals surface area contributed by atoms with Crippen molar-refractivity contribution in [3.8, 4) is 0 Å². The molecule has 0 bridgehead atoms. The molecule has 1 heterocycles. The highest BCUT2D eigenvalue weighted by atomic mass is 35.5. The van der Waals surface area contributed by atoms with Crippen molar-refractivity contribution in [2.75, 3.05) is 7.11 Å². The van der Waals surface area contributed by atoms with Crippen LogP contribution in [0, 0.1) is 0 Å². The van der Waals surface area contributed by atoms with Crippen molar-refractivity contribution < 1.29 is 29.2 Å². The second-order valence-corrected chi connectivity index (χ2v) is 4.07. The van der Waals surface area contributed by atoms with E-state index >= 15 is 0 Å². The van der Waals surface area contributed by atoms with Gasteiger partial charge in [0, 0.05) is 12.1 Å². The number of rotatable bonds is 3. The quantitative estimate of drug-likeness (QED) is 0.294. The van der Waals surface area contributed by atoms with Crippen LogP contribution in [-0.2, 0) is 24.0 Å². The fraction of sp³-hybridized carbons (Fsp3) is 0.273. The molecule has 2 atom stereocenters. The Kier molecular flexibility index (Phi) is 3.36. The van der Waals surface area contributed by atoms with Gasteiger partial charge in [-0.05, 0) is 17.7 Å². The minimum atomic E-state index is -2.18. The van der Waals surface area contributed by atoms with E-state index in [4.69, 9.17) is 26.3 Å². The van der Waals surface area contributed by atoms with E-state index in [0.717, 1.165) is 7.11 Å². The Morgan fingerprint density at radius 1 is 1.33 bits per heavy atom. The van der Waals surface area contributed by atoms with Crippen molar-refractivity contribution in [2.45, 2.75) is 11.9 Å². The minimum absolute atomic E-state index is 0.412. The monoisotopic (exact) mass is 272 g/mol. The number of ether oxygens (including phenoxy) is 2. The maximum atomic E-state index is 11.6. The van der Waals surface area contributed by atoms with Gasteiger partial charge in [0.25, 0.3) is 0 Å². The number of halogens is 1. The van der Waals surface area contributed by atoms with Gasteiger partial charge in [0.2, 0.25) is 0 Å². The van der Waals surface area contributed by atoms with Gasteiger partial charge in [0.1, 0.15) is 0 Å². The Bertz CT molecular complexity index is 479. The van der Waals surface area contributed by atoms with Crippen molar-refractivity contribution in [1.29, 1.82) is 0 Å². The van der Waals surface area contributed by atoms with Crippen LogP contribution in [-0.4, -0.2) is 29.9 Å². The molecular weight excluding hydrogens is 264 g/mol. The number of carbonyl (C=O) groups is 2. The van der Waals surface area contributed by atoms with Crippen molar-refractivity contribution in [2.24, 2.45) is 0 Å². The second-order valence-electron chi connectivity index (χ2n) is 3.63. The highest BCUT2D eigenvalue weighted by Crippen LogP contribution is 2.39. The highest BCUT2D eigenvalue weighted by molar-refractivity contribution is 6.38. The standard InChI is InChI=1S/C11H9ClO6/c1-16-11(18-15)8(13)10(14)17-9(11)6-2-4-7(12)5-3-6/h2-5,9,15H,1H3. The number of carbonyl (C=O) groups excluding carboxylic acids is 2. The van der Waals surface area contributed by atoms with Crippen LogP contribution in [0.25, 0.3) is 0 Å². The Hall–Kier alpha value is -1.47. The molecule has 0 radical (unpaired) electrons. The predicted molar refractivity (Wildman–Crippen MR) is 58.7 cm³/mol. The predicted octanol–water partition coefficient (Wildman–Crippen LogP) is 1.34. The highest BCUT2D eigenvalue weighted by Gasteiger charge is 2.61. The number of hydrogen-bond acceptors (Lipinski definition) is 6. The molecular formula is C11H9ClO6. The largest absolute Gasteiger partial charge is 0.445 e. The van der Waals surface area contributed by atoms with Crippen molar-refractivity contribution >= 4 is 23.4 Å². The van der Waals surface area contributed by atoms with Crippen LogP contribution in [0.3, 0.4) is 0 Å². The summed E-state index contributed by atoms with van der Waals surface area (Å²) in [7, 11) is 1.12. The zero-order valence-corrected chi connectivity index (χ0v) is 10.0. The lowest BCUT2D eigenvalue weighted by molar-refractivity contribution is -0.393. The van der Waals surface area contributed by atoms with Gasteiger partial charge in [-0.3, -0.25) is 4.79 Å². The molecule has 0 amide bonds. The molecule has 0 saturated carbocycles. The summed E-state index contributed by atoms with van der Waals surface area (Å²) in [5.74, 6) is -4.41. The summed E-state index contributed by atoms with van der Waals surface area (Å²) in [6.45, 7) is 0. The van der Waals surface area contributed by atoms with E-state index in [1.165, 1.54) is 12.1 Å². The van der Waals surface area contributed by atoms with Crippen molar-refractivity contribution in [3.63, 3.8) is 0 Å². The fourth-order valence-electron chi connectivity index (χ4n) is 1.75. The normalized spacial score (nSPS) is 27.4. The maximum Gasteiger partial charge on any atom is 0.381 e. The summed E-state index contributed by atoms with van der Waals surface area (Å²) < 4.78 is 9.68. The molecule has 0 aromatic heterocycles. The average molecular weight is 273 g/mol. The molecule has 1 aliphatic heterocycles. The summed E-state index contributed by atoms with van der Waals surface area (Å²) in [5.41, 5.74) is 0.412. The summed E-state index contributed by atoms with van der Waals surface area (Å²) in [6, 6.07) is 6.16. The third kappa shape index (κ3) is 1.79. The van der Waals surface area contributed by atoms with E-state index in [2.05, 4.69) is 4.89 Å². The Balaban J connectivity index is 2.45. The van der Waals surface area contributed by atoms with Gasteiger partial charge in [-0.2, -0.15) is 4.89 Å². The van der Waals surface area contributed by atoms with E-state index in [9.17, 15) is 9.59 Å². The number of hydrogen-bond donors (Lipinski definition) is 1. The molecule has 2 unspecified atom stereocenters. The number of Topliss-reactive ketones (excluding diaryl/α,β-unsaturated/α-hetero) is 1. The first kappa shape index (κ1) is 13.0. The van der Waals surface area contributed by atoms with Crippen LogP contribution < -0.4 is 0 Å². The smallest absolute Gasteiger partial charge is 0.381 e. The first-order valence-electron chi connectivity index (χ1n) is 4.93. The topological polar surface area (TPSA) is 82.1 Å². The van der Waals surface area contributed by atoms with Gasteiger partial charge in [0.05, 0.1) is 0 Å². The van der Waals surface area contributed by atoms with Crippen LogP contribution in [0.4, 0.5) is 0 Å². The maximum absolute atomic E-state index is 11.6. The zero-order valence-electron chi connectivity index (χ0n) is 9.25. The summed E-state index contributed by atoms with van der Waals surface area (Å²) in [6.07, 6.45) is -1.19. The molecule has 18 heavy (non-hydrogen) atoms. The molecule has 7 heteroatoms. The molecule has 96 valence electrons. The first-order chi connectivity index (χ1) is 8.55. The molecule has 1 aliphatic rings. The SMILES string of the molecule is COC1(OO)C(=O)C(=O)OC1c1ccc(Cl)cc1. The van der Waals surface area contributed by atoms with Gasteiger partial charge >= 0.3 is 17.5 Å². The minimum Gasteiger partial charge on any atom is -0.445 e. The second kappa shape index (κ2) is 4.66. The Labute approximate surface area is 107 Å². The van der Waals surface area contributed by atoms with Gasteiger partial charge < -0.3 is 9.47 Å². The molecule has 6 nitrogen and oxygen atoms in total. The van der Waals surface area contributed by atoms with E-state index in [1.807, 2.05) is 0 Å². The molecule has 1 fully saturated rings. The van der Waals surface area contributed by atoms with Gasteiger partial charge in [-0.15, -0.1) is 0 Å². The van der Waals surface area contributed by atoms with E-state index in [0.29, 0.717) is 10.6 Å². The van der Waals surface area contributed by atoms with Crippen LogP contribution in [0.5, 0.6) is 0 Å². The third-order valence-electron chi connectivity index (χ3n) is 2.68. The number of ketones is 1. The summed E-state index contributed by atoms with van der Waals surface area (Å²) >= 11 is 5.73. The van der Waals surface area contributed by atoms with E-state index < -0.39 is 23.6 Å². The zero-order chi connectivity index (χ0) is 13.3. The van der Waals surface area contributed by atoms with Gasteiger partial charge in [-0.1, -0.05) is 23.7 Å². The molecule has 1 N–H and O–H groups in total. The van der Waals surface area contributed by atoms with Crippen LogP contribution in [0.2, 0.25) is 5.02 Å². The Morgan fingerprint density at radius 2 is 1.94 bits per heavy atom. The third-order valence-corrected chi connectivity index (χ3v) is 2.94. The molecule has 2 rings (SSSR count). The molecule has 1 saturated heterocycles. The fourth-order valence-corrected chi connectivity index (χ4v) is 1.88. The summed E-state index contributed by atoms with van der Waals surface area (Å²) in [4.78, 5) is 27.0. The van der Waals surface area contributed by atoms with Gasteiger partial charge in [0.15, 0.2) is 6.10 Å². The van der Waals surface area contributed by atoms with E-state index in [-0.39, 0.29) is 0 Å². The first-order valence-corrected chi connectivity index (χ1v) is 5.31. The lowest BCUT2D eigenvalue weighted by Crippen LogP contribution is -2.44. The van der Waals surface area contributed by atoms with Crippen molar-refractivity contribution in [3.05, 3.63) is 34.9 Å². The Morgan fingerprint density at radius 3 is 2.44 bits per heavy atom. The molecule has 1 aromatic rings.